The molecule has 1 heterocycles. The average molecular weight is 269 g/mol. The van der Waals surface area contributed by atoms with E-state index < -0.39 is 0 Å². The van der Waals surface area contributed by atoms with Crippen LogP contribution in [0.4, 0.5) is 5.69 Å². The number of carbonyl (C=O) groups excluding carboxylic acids is 1. The van der Waals surface area contributed by atoms with Gasteiger partial charge in [0.25, 0.3) is 0 Å². The van der Waals surface area contributed by atoms with Gasteiger partial charge in [-0.15, -0.1) is 12.4 Å². The number of likely N-dealkylation sites (tertiary alicyclic amines) is 1. The summed E-state index contributed by atoms with van der Waals surface area (Å²) in [5.74, 6) is 0.247. The van der Waals surface area contributed by atoms with E-state index in [1.807, 2.05) is 29.2 Å². The SMILES string of the molecule is Cl.Nc1ccc(CC(=O)N2CCCCCC2)cc1. The quantitative estimate of drug-likeness (QED) is 0.838. The van der Waals surface area contributed by atoms with Crippen LogP contribution in [-0.2, 0) is 11.2 Å². The largest absolute Gasteiger partial charge is 0.399 e. The molecular formula is C14H21ClN2O. The zero-order valence-electron chi connectivity index (χ0n) is 10.6. The highest BCUT2D eigenvalue weighted by molar-refractivity contribution is 5.85. The molecule has 1 aliphatic rings. The first kappa shape index (κ1) is 14.8. The third kappa shape index (κ3) is 4.22. The van der Waals surface area contributed by atoms with E-state index in [4.69, 9.17) is 5.73 Å². The van der Waals surface area contributed by atoms with Gasteiger partial charge < -0.3 is 10.6 Å². The molecule has 0 atom stereocenters. The van der Waals surface area contributed by atoms with Gasteiger partial charge in [-0.25, -0.2) is 0 Å². The first-order valence-corrected chi connectivity index (χ1v) is 6.38. The number of hydrogen-bond acceptors (Lipinski definition) is 2. The summed E-state index contributed by atoms with van der Waals surface area (Å²) in [5, 5.41) is 0. The molecule has 2 rings (SSSR count). The number of nitrogens with two attached hydrogens (primary N) is 1. The third-order valence-corrected chi connectivity index (χ3v) is 3.29. The van der Waals surface area contributed by atoms with Crippen LogP contribution in [0, 0.1) is 0 Å². The zero-order valence-corrected chi connectivity index (χ0v) is 11.4. The van der Waals surface area contributed by atoms with Crippen LogP contribution in [0.25, 0.3) is 0 Å². The molecule has 0 spiro atoms. The summed E-state index contributed by atoms with van der Waals surface area (Å²) in [4.78, 5) is 14.1. The highest BCUT2D eigenvalue weighted by Crippen LogP contribution is 2.12. The van der Waals surface area contributed by atoms with Crippen molar-refractivity contribution in [1.82, 2.24) is 4.90 Å². The van der Waals surface area contributed by atoms with Gasteiger partial charge in [0.15, 0.2) is 0 Å². The van der Waals surface area contributed by atoms with Gasteiger partial charge in [0.05, 0.1) is 6.42 Å². The highest BCUT2D eigenvalue weighted by Gasteiger charge is 2.15. The molecule has 0 radical (unpaired) electrons. The minimum Gasteiger partial charge on any atom is -0.399 e. The van der Waals surface area contributed by atoms with E-state index in [2.05, 4.69) is 0 Å². The lowest BCUT2D eigenvalue weighted by atomic mass is 10.1. The summed E-state index contributed by atoms with van der Waals surface area (Å²) in [6, 6.07) is 7.58. The van der Waals surface area contributed by atoms with Gasteiger partial charge in [0.2, 0.25) is 5.91 Å². The summed E-state index contributed by atoms with van der Waals surface area (Å²) in [6.07, 6.45) is 5.30. The van der Waals surface area contributed by atoms with E-state index in [0.717, 1.165) is 37.2 Å². The number of benzene rings is 1. The molecule has 4 heteroatoms. The lowest BCUT2D eigenvalue weighted by Crippen LogP contribution is -2.33. The second kappa shape index (κ2) is 7.27. The average Bonchev–Trinajstić information content (AvgIpc) is 2.61. The van der Waals surface area contributed by atoms with Gasteiger partial charge in [0.1, 0.15) is 0 Å². The second-order valence-corrected chi connectivity index (χ2v) is 4.71. The fourth-order valence-electron chi connectivity index (χ4n) is 2.24. The Kier molecular flexibility index (Phi) is 5.99. The topological polar surface area (TPSA) is 46.3 Å². The predicted molar refractivity (Wildman–Crippen MR) is 76.9 cm³/mol. The molecule has 1 aromatic carbocycles. The van der Waals surface area contributed by atoms with Crippen LogP contribution in [0.15, 0.2) is 24.3 Å². The number of nitrogens with zero attached hydrogens (tertiary/aromatic N) is 1. The minimum absolute atomic E-state index is 0. The van der Waals surface area contributed by atoms with E-state index in [1.54, 1.807) is 0 Å². The molecule has 0 saturated carbocycles. The Bertz CT molecular complexity index is 370. The molecule has 2 N–H and O–H groups in total. The lowest BCUT2D eigenvalue weighted by Gasteiger charge is -2.20. The Morgan fingerprint density at radius 3 is 2.17 bits per heavy atom. The van der Waals surface area contributed by atoms with Crippen LogP contribution in [0.3, 0.4) is 0 Å². The van der Waals surface area contributed by atoms with Gasteiger partial charge in [-0.3, -0.25) is 4.79 Å². The van der Waals surface area contributed by atoms with E-state index in [0.29, 0.717) is 6.42 Å². The number of nitrogen functional groups attached to an aromatic ring is 1. The fraction of sp³-hybridized carbons (Fsp3) is 0.500. The normalized spacial score (nSPS) is 15.7. The Morgan fingerprint density at radius 1 is 1.06 bits per heavy atom. The van der Waals surface area contributed by atoms with Gasteiger partial charge in [-0.2, -0.15) is 0 Å². The van der Waals surface area contributed by atoms with E-state index in [9.17, 15) is 4.79 Å². The Morgan fingerprint density at radius 2 is 1.61 bits per heavy atom. The van der Waals surface area contributed by atoms with E-state index >= 15 is 0 Å². The molecule has 1 aliphatic heterocycles. The van der Waals surface area contributed by atoms with E-state index in [-0.39, 0.29) is 18.3 Å². The minimum atomic E-state index is 0. The molecule has 3 nitrogen and oxygen atoms in total. The molecule has 0 aromatic heterocycles. The van der Waals surface area contributed by atoms with Gasteiger partial charge in [-0.05, 0) is 30.5 Å². The summed E-state index contributed by atoms with van der Waals surface area (Å²) in [6.45, 7) is 1.85. The molecule has 1 fully saturated rings. The van der Waals surface area contributed by atoms with Gasteiger partial charge >= 0.3 is 0 Å². The summed E-state index contributed by atoms with van der Waals surface area (Å²) < 4.78 is 0. The van der Waals surface area contributed by atoms with Crippen LogP contribution in [0.1, 0.15) is 31.2 Å². The summed E-state index contributed by atoms with van der Waals surface area (Å²) >= 11 is 0. The zero-order chi connectivity index (χ0) is 12.1. The number of carbonyl (C=O) groups is 1. The lowest BCUT2D eigenvalue weighted by molar-refractivity contribution is -0.130. The molecule has 0 aliphatic carbocycles. The van der Waals surface area contributed by atoms with Crippen LogP contribution < -0.4 is 5.73 Å². The Hall–Kier alpha value is -1.22. The summed E-state index contributed by atoms with van der Waals surface area (Å²) in [7, 11) is 0. The molecular weight excluding hydrogens is 248 g/mol. The Labute approximate surface area is 115 Å². The van der Waals surface area contributed by atoms with Crippen molar-refractivity contribution in [2.24, 2.45) is 0 Å². The maximum atomic E-state index is 12.1. The van der Waals surface area contributed by atoms with Crippen molar-refractivity contribution in [1.29, 1.82) is 0 Å². The number of hydrogen-bond donors (Lipinski definition) is 1. The smallest absolute Gasteiger partial charge is 0.226 e. The maximum absolute atomic E-state index is 12.1. The van der Waals surface area contributed by atoms with Crippen molar-refractivity contribution in [2.75, 3.05) is 18.8 Å². The molecule has 0 bridgehead atoms. The third-order valence-electron chi connectivity index (χ3n) is 3.29. The first-order valence-electron chi connectivity index (χ1n) is 6.38. The van der Waals surface area contributed by atoms with Crippen molar-refractivity contribution >= 4 is 24.0 Å². The number of rotatable bonds is 2. The van der Waals surface area contributed by atoms with Crippen molar-refractivity contribution < 1.29 is 4.79 Å². The highest BCUT2D eigenvalue weighted by atomic mass is 35.5. The molecule has 100 valence electrons. The molecule has 18 heavy (non-hydrogen) atoms. The maximum Gasteiger partial charge on any atom is 0.226 e. The molecule has 1 amide bonds. The van der Waals surface area contributed by atoms with Crippen molar-refractivity contribution in [3.63, 3.8) is 0 Å². The monoisotopic (exact) mass is 268 g/mol. The van der Waals surface area contributed by atoms with Crippen LogP contribution in [0.2, 0.25) is 0 Å². The van der Waals surface area contributed by atoms with Crippen LogP contribution >= 0.6 is 12.4 Å². The standard InChI is InChI=1S/C14H20N2O.ClH/c15-13-7-5-12(6-8-13)11-14(17)16-9-3-1-2-4-10-16;/h5-8H,1-4,9-11,15H2;1H. The van der Waals surface area contributed by atoms with Crippen LogP contribution in [0.5, 0.6) is 0 Å². The van der Waals surface area contributed by atoms with Crippen molar-refractivity contribution in [3.8, 4) is 0 Å². The Balaban J connectivity index is 0.00000162. The molecule has 1 saturated heterocycles. The van der Waals surface area contributed by atoms with Gasteiger partial charge in [-0.1, -0.05) is 25.0 Å². The number of anilines is 1. The van der Waals surface area contributed by atoms with Crippen molar-refractivity contribution in [2.45, 2.75) is 32.1 Å². The summed E-state index contributed by atoms with van der Waals surface area (Å²) in [5.41, 5.74) is 7.42. The first-order chi connectivity index (χ1) is 8.25. The molecule has 1 aromatic rings. The predicted octanol–water partition coefficient (Wildman–Crippen LogP) is 2.64. The number of halogens is 1. The van der Waals surface area contributed by atoms with E-state index in [1.165, 1.54) is 12.8 Å². The number of amides is 1. The fourth-order valence-corrected chi connectivity index (χ4v) is 2.24. The van der Waals surface area contributed by atoms with Crippen molar-refractivity contribution in [3.05, 3.63) is 29.8 Å². The van der Waals surface area contributed by atoms with Crippen LogP contribution in [-0.4, -0.2) is 23.9 Å². The second-order valence-electron chi connectivity index (χ2n) is 4.71. The molecule has 0 unspecified atom stereocenters. The van der Waals surface area contributed by atoms with Gasteiger partial charge in [0, 0.05) is 18.8 Å².